The van der Waals surface area contributed by atoms with E-state index >= 15 is 0 Å². The van der Waals surface area contributed by atoms with Crippen LogP contribution in [0.1, 0.15) is 33.1 Å². The van der Waals surface area contributed by atoms with E-state index in [1.165, 1.54) is 11.1 Å². The molecule has 0 fully saturated rings. The summed E-state index contributed by atoms with van der Waals surface area (Å²) in [6, 6.07) is 19.2. The predicted molar refractivity (Wildman–Crippen MR) is 133 cm³/mol. The highest BCUT2D eigenvalue weighted by Crippen LogP contribution is 2.38. The summed E-state index contributed by atoms with van der Waals surface area (Å²) in [5, 5.41) is 3.53. The molecule has 1 aliphatic rings. The zero-order valence-corrected chi connectivity index (χ0v) is 20.4. The van der Waals surface area contributed by atoms with E-state index in [4.69, 9.17) is 25.8 Å². The zero-order valence-electron chi connectivity index (χ0n) is 19.6. The third-order valence-corrected chi connectivity index (χ3v) is 6.56. The monoisotopic (exact) mass is 480 g/mol. The fraction of sp³-hybridized carbons (Fsp3) is 0.296. The molecule has 1 amide bonds. The number of ether oxygens (including phenoxy) is 3. The lowest BCUT2D eigenvalue weighted by atomic mass is 9.91. The Morgan fingerprint density at radius 2 is 1.71 bits per heavy atom. The van der Waals surface area contributed by atoms with Gasteiger partial charge in [0.05, 0.1) is 38.0 Å². The first-order valence-electron chi connectivity index (χ1n) is 11.2. The number of carbonyl (C=O) groups is 1. The fourth-order valence-electron chi connectivity index (χ4n) is 4.40. The number of rotatable bonds is 8. The molecular weight excluding hydrogens is 452 g/mol. The summed E-state index contributed by atoms with van der Waals surface area (Å²) in [6.07, 6.45) is 0.876. The molecule has 3 aromatic carbocycles. The van der Waals surface area contributed by atoms with Gasteiger partial charge in [-0.25, -0.2) is 0 Å². The molecule has 7 heteroatoms. The number of methoxy groups -OCH3 is 3. The second kappa shape index (κ2) is 10.8. The Kier molecular flexibility index (Phi) is 7.60. The van der Waals surface area contributed by atoms with Crippen LogP contribution in [0.25, 0.3) is 0 Å². The molecule has 0 saturated heterocycles. The van der Waals surface area contributed by atoms with Crippen LogP contribution in [-0.4, -0.2) is 45.2 Å². The van der Waals surface area contributed by atoms with Crippen LogP contribution in [0.3, 0.4) is 0 Å². The van der Waals surface area contributed by atoms with Gasteiger partial charge < -0.3 is 19.5 Å². The summed E-state index contributed by atoms with van der Waals surface area (Å²) < 4.78 is 16.4. The van der Waals surface area contributed by atoms with Gasteiger partial charge in [0.25, 0.3) is 5.91 Å². The highest BCUT2D eigenvalue weighted by atomic mass is 35.5. The van der Waals surface area contributed by atoms with Gasteiger partial charge in [-0.3, -0.25) is 9.69 Å². The number of hydrogen-bond donors (Lipinski definition) is 1. The zero-order chi connectivity index (χ0) is 24.1. The lowest BCUT2D eigenvalue weighted by Crippen LogP contribution is -2.41. The van der Waals surface area contributed by atoms with Crippen LogP contribution in [0.5, 0.6) is 17.2 Å². The molecule has 0 aromatic heterocycles. The minimum Gasteiger partial charge on any atom is -0.497 e. The number of nitrogens with zero attached hydrogens (tertiary/aromatic N) is 1. The van der Waals surface area contributed by atoms with Crippen molar-refractivity contribution in [3.05, 3.63) is 87.9 Å². The van der Waals surface area contributed by atoms with Crippen molar-refractivity contribution in [2.75, 3.05) is 34.4 Å². The van der Waals surface area contributed by atoms with E-state index in [1.54, 1.807) is 33.5 Å². The molecule has 1 heterocycles. The maximum Gasteiger partial charge on any atom is 0.252 e. The van der Waals surface area contributed by atoms with Crippen LogP contribution in [0.15, 0.2) is 60.7 Å². The Balaban J connectivity index is 1.62. The molecule has 0 radical (unpaired) electrons. The van der Waals surface area contributed by atoms with E-state index in [2.05, 4.69) is 22.3 Å². The van der Waals surface area contributed by atoms with Crippen molar-refractivity contribution in [3.63, 3.8) is 0 Å². The minimum atomic E-state index is -0.192. The maximum atomic E-state index is 12.9. The van der Waals surface area contributed by atoms with Gasteiger partial charge in [-0.15, -0.1) is 0 Å². The smallest absolute Gasteiger partial charge is 0.252 e. The van der Waals surface area contributed by atoms with Crippen LogP contribution >= 0.6 is 11.6 Å². The van der Waals surface area contributed by atoms with Crippen molar-refractivity contribution in [1.82, 2.24) is 10.2 Å². The molecule has 1 N–H and O–H groups in total. The topological polar surface area (TPSA) is 60.0 Å². The molecule has 4 rings (SSSR count). The second-order valence-corrected chi connectivity index (χ2v) is 8.59. The second-order valence-electron chi connectivity index (χ2n) is 8.18. The summed E-state index contributed by atoms with van der Waals surface area (Å²) in [4.78, 5) is 15.3. The largest absolute Gasteiger partial charge is 0.497 e. The van der Waals surface area contributed by atoms with Gasteiger partial charge in [-0.2, -0.15) is 0 Å². The molecule has 3 aromatic rings. The van der Waals surface area contributed by atoms with E-state index in [0.717, 1.165) is 30.8 Å². The lowest BCUT2D eigenvalue weighted by molar-refractivity contribution is 0.0926. The van der Waals surface area contributed by atoms with Gasteiger partial charge in [0.1, 0.15) is 5.75 Å². The number of hydrogen-bond acceptors (Lipinski definition) is 5. The van der Waals surface area contributed by atoms with Crippen molar-refractivity contribution in [3.8, 4) is 17.2 Å². The standard InChI is InChI=1S/C27H29ClN2O4/c1-32-20-10-8-18(9-11-20)17-30-13-12-19-14-25(33-2)26(34-3)15-22(19)24(30)16-29-27(31)21-6-4-5-7-23(21)28/h4-11,14-15,24H,12-13,16-17H2,1-3H3,(H,29,31). The Bertz CT molecular complexity index is 1150. The molecule has 178 valence electrons. The Morgan fingerprint density at radius 3 is 2.38 bits per heavy atom. The molecule has 6 nitrogen and oxygen atoms in total. The molecule has 1 aliphatic heterocycles. The number of carbonyl (C=O) groups excluding carboxylic acids is 1. The SMILES string of the molecule is COc1ccc(CN2CCc3cc(OC)c(OC)cc3C2CNC(=O)c2ccccc2Cl)cc1. The molecule has 0 spiro atoms. The summed E-state index contributed by atoms with van der Waals surface area (Å²) >= 11 is 6.24. The Morgan fingerprint density at radius 1 is 1.00 bits per heavy atom. The average Bonchev–Trinajstić information content (AvgIpc) is 2.87. The first-order chi connectivity index (χ1) is 16.5. The average molecular weight is 481 g/mol. The van der Waals surface area contributed by atoms with Crippen LogP contribution in [0.4, 0.5) is 0 Å². The maximum absolute atomic E-state index is 12.9. The van der Waals surface area contributed by atoms with Crippen LogP contribution < -0.4 is 19.5 Å². The number of benzene rings is 3. The third kappa shape index (κ3) is 5.13. The molecule has 34 heavy (non-hydrogen) atoms. The van der Waals surface area contributed by atoms with Crippen LogP contribution in [-0.2, 0) is 13.0 Å². The summed E-state index contributed by atoms with van der Waals surface area (Å²) in [5.74, 6) is 2.02. The lowest BCUT2D eigenvalue weighted by Gasteiger charge is -2.38. The van der Waals surface area contributed by atoms with Crippen molar-refractivity contribution in [2.45, 2.75) is 19.0 Å². The molecule has 1 atom stereocenters. The number of nitrogens with one attached hydrogen (secondary N) is 1. The normalized spacial score (nSPS) is 15.4. The van der Waals surface area contributed by atoms with Crippen LogP contribution in [0, 0.1) is 0 Å². The molecular formula is C27H29ClN2O4. The molecule has 1 unspecified atom stereocenters. The van der Waals surface area contributed by atoms with E-state index in [1.807, 2.05) is 36.4 Å². The highest BCUT2D eigenvalue weighted by Gasteiger charge is 2.30. The van der Waals surface area contributed by atoms with E-state index < -0.39 is 0 Å². The van der Waals surface area contributed by atoms with Gasteiger partial charge in [-0.1, -0.05) is 35.9 Å². The Hall–Kier alpha value is -3.22. The molecule has 0 saturated carbocycles. The van der Waals surface area contributed by atoms with Crippen molar-refractivity contribution in [1.29, 1.82) is 0 Å². The van der Waals surface area contributed by atoms with E-state index in [0.29, 0.717) is 28.6 Å². The van der Waals surface area contributed by atoms with Gasteiger partial charge in [0.15, 0.2) is 11.5 Å². The van der Waals surface area contributed by atoms with E-state index in [-0.39, 0.29) is 11.9 Å². The van der Waals surface area contributed by atoms with Crippen molar-refractivity contribution in [2.24, 2.45) is 0 Å². The fourth-order valence-corrected chi connectivity index (χ4v) is 4.63. The summed E-state index contributed by atoms with van der Waals surface area (Å²) in [7, 11) is 4.94. The first-order valence-corrected chi connectivity index (χ1v) is 11.6. The summed E-state index contributed by atoms with van der Waals surface area (Å²) in [5.41, 5.74) is 3.96. The summed E-state index contributed by atoms with van der Waals surface area (Å²) in [6.45, 7) is 2.02. The Labute approximate surface area is 205 Å². The predicted octanol–water partition coefficient (Wildman–Crippen LogP) is 4.90. The third-order valence-electron chi connectivity index (χ3n) is 6.23. The quantitative estimate of drug-likeness (QED) is 0.497. The van der Waals surface area contributed by atoms with Gasteiger partial charge >= 0.3 is 0 Å². The van der Waals surface area contributed by atoms with Crippen LogP contribution in [0.2, 0.25) is 5.02 Å². The van der Waals surface area contributed by atoms with Crippen molar-refractivity contribution < 1.29 is 19.0 Å². The van der Waals surface area contributed by atoms with Gasteiger partial charge in [0, 0.05) is 19.6 Å². The number of fused-ring (bicyclic) bond motifs is 1. The van der Waals surface area contributed by atoms with Gasteiger partial charge in [0.2, 0.25) is 0 Å². The minimum absolute atomic E-state index is 0.0444. The number of amides is 1. The van der Waals surface area contributed by atoms with Crippen molar-refractivity contribution >= 4 is 17.5 Å². The highest BCUT2D eigenvalue weighted by molar-refractivity contribution is 6.33. The molecule has 0 aliphatic carbocycles. The number of halogens is 1. The van der Waals surface area contributed by atoms with E-state index in [9.17, 15) is 4.79 Å². The van der Waals surface area contributed by atoms with Gasteiger partial charge in [-0.05, 0) is 59.5 Å². The molecule has 0 bridgehead atoms. The first kappa shape index (κ1) is 23.9.